The Morgan fingerprint density at radius 2 is 0.455 bits per heavy atom. The smallest absolute Gasteiger partial charge is 0.0737 e. The largest absolute Gasteiger partial charge is 0.310 e. The molecule has 0 unspecified atom stereocenters. The lowest BCUT2D eigenvalue weighted by molar-refractivity contribution is 0.809. The Kier molecular flexibility index (Phi) is 13.4. The molecular formula is C110H68N2. The molecule has 0 saturated carbocycles. The highest BCUT2D eigenvalue weighted by Crippen LogP contribution is 2.69. The molecule has 518 valence electrons. The van der Waals surface area contributed by atoms with Crippen LogP contribution in [0, 0.1) is 0 Å². The van der Waals surface area contributed by atoms with Gasteiger partial charge in [0.15, 0.2) is 0 Å². The summed E-state index contributed by atoms with van der Waals surface area (Å²) in [6.07, 6.45) is 0. The van der Waals surface area contributed by atoms with Crippen molar-refractivity contribution >= 4 is 98.8 Å². The lowest BCUT2D eigenvalue weighted by Gasteiger charge is -2.33. The maximum absolute atomic E-state index is 2.51. The van der Waals surface area contributed by atoms with Gasteiger partial charge in [-0.3, -0.25) is 0 Å². The minimum absolute atomic E-state index is 0.592. The summed E-state index contributed by atoms with van der Waals surface area (Å²) < 4.78 is 0. The molecule has 24 rings (SSSR count). The molecule has 0 heterocycles. The summed E-state index contributed by atoms with van der Waals surface area (Å²) >= 11 is 0. The van der Waals surface area contributed by atoms with Gasteiger partial charge in [0.2, 0.25) is 0 Å². The summed E-state index contributed by atoms with van der Waals surface area (Å²) in [5, 5.41) is 15.0. The van der Waals surface area contributed by atoms with Crippen LogP contribution in [-0.2, 0) is 10.8 Å². The number of anilines is 6. The number of hydrogen-bond acceptors (Lipinski definition) is 2. The second kappa shape index (κ2) is 24.0. The Bertz CT molecular complexity index is 7290. The van der Waals surface area contributed by atoms with Crippen molar-refractivity contribution in [3.8, 4) is 77.9 Å². The van der Waals surface area contributed by atoms with E-state index in [0.717, 1.165) is 50.8 Å². The first kappa shape index (κ1) is 62.6. The van der Waals surface area contributed by atoms with Crippen LogP contribution in [0.4, 0.5) is 34.1 Å². The average molecular weight is 1420 g/mol. The summed E-state index contributed by atoms with van der Waals surface area (Å²) in [4.78, 5) is 4.89. The Hall–Kier alpha value is -14.4. The molecule has 0 saturated heterocycles. The summed E-state index contributed by atoms with van der Waals surface area (Å²) in [6.45, 7) is 0. The first-order chi connectivity index (χ1) is 55.6. The standard InChI is InChI=1S/C110H68N2/c1-4-26-69(27-5-1)71-50-55-78(56-51-71)111(77-32-8-3-9-33-77)81-57-62-83-75(66-81)53-61-97-104-93-44-14-11-38-87(93)98-68-74(52-59-95(98)108(104)110(106(83)97)101-48-22-18-41-90(101)91-42-19-23-49-102(91)110)73-31-25-35-80(65-73)112(79-34-24-30-72(64-79)70-28-6-2-7-29-70)82-58-63-84-76(67-82)54-60-96-103-92-43-13-10-36-85(92)86-37-12-15-45-94(86)107(103)109(105(84)96)99-46-20-16-39-88(99)89-40-17-21-47-100(89)109/h1-68H. The van der Waals surface area contributed by atoms with Gasteiger partial charge in [-0.05, 0) is 266 Å². The second-order valence-electron chi connectivity index (χ2n) is 30.8. The monoisotopic (exact) mass is 1420 g/mol. The quantitative estimate of drug-likeness (QED) is 0.133. The van der Waals surface area contributed by atoms with Crippen molar-refractivity contribution in [2.45, 2.75) is 10.8 Å². The van der Waals surface area contributed by atoms with Crippen LogP contribution in [0.1, 0.15) is 44.5 Å². The van der Waals surface area contributed by atoms with Gasteiger partial charge in [-0.25, -0.2) is 0 Å². The van der Waals surface area contributed by atoms with E-state index in [-0.39, 0.29) is 0 Å². The van der Waals surface area contributed by atoms with Crippen molar-refractivity contribution in [3.63, 3.8) is 0 Å². The molecule has 4 aliphatic carbocycles. The highest BCUT2D eigenvalue weighted by Gasteiger charge is 2.56. The van der Waals surface area contributed by atoms with E-state index in [0.29, 0.717) is 0 Å². The molecule has 0 atom stereocenters. The third-order valence-corrected chi connectivity index (χ3v) is 25.3. The van der Waals surface area contributed by atoms with E-state index < -0.39 is 10.8 Å². The molecule has 0 N–H and O–H groups in total. The Morgan fingerprint density at radius 1 is 0.152 bits per heavy atom. The molecule has 2 heteroatoms. The number of para-hydroxylation sites is 1. The maximum atomic E-state index is 2.51. The highest BCUT2D eigenvalue weighted by molar-refractivity contribution is 6.24. The van der Waals surface area contributed by atoms with Crippen LogP contribution in [0.5, 0.6) is 0 Å². The summed E-state index contributed by atoms with van der Waals surface area (Å²) in [6, 6.07) is 156. The van der Waals surface area contributed by atoms with Crippen LogP contribution in [0.2, 0.25) is 0 Å². The van der Waals surface area contributed by atoms with Crippen LogP contribution in [0.15, 0.2) is 413 Å². The number of fused-ring (bicyclic) bond motifs is 34. The second-order valence-corrected chi connectivity index (χ2v) is 30.8. The van der Waals surface area contributed by atoms with Gasteiger partial charge in [0.1, 0.15) is 0 Å². The van der Waals surface area contributed by atoms with E-state index >= 15 is 0 Å². The molecule has 2 spiro atoms. The van der Waals surface area contributed by atoms with Gasteiger partial charge in [-0.2, -0.15) is 0 Å². The fraction of sp³-hybridized carbons (Fsp3) is 0.0182. The molecule has 0 bridgehead atoms. The van der Waals surface area contributed by atoms with Crippen molar-refractivity contribution in [1.82, 2.24) is 0 Å². The maximum Gasteiger partial charge on any atom is 0.0737 e. The fourth-order valence-electron chi connectivity index (χ4n) is 21.0. The molecule has 0 aliphatic heterocycles. The SMILES string of the molecule is c1ccc(-c2ccc(N(c3ccccc3)c3ccc4c5c(ccc4c3)-c3c(c4ccc(-c6cccc(N(c7cccc(-c8ccccc8)c7)c7ccc8c9c(ccc8c7)-c7c(c8ccccc8c8ccccc78)C97c8ccccc8-c8ccccc87)c6)cc4c4ccccc34)C53c4ccccc4-c4ccccc43)cc2)cc1. The first-order valence-electron chi connectivity index (χ1n) is 39.1. The molecule has 4 aliphatic rings. The van der Waals surface area contributed by atoms with Gasteiger partial charge < -0.3 is 9.80 Å². The summed E-state index contributed by atoms with van der Waals surface area (Å²) in [5.41, 5.74) is 33.4. The van der Waals surface area contributed by atoms with Crippen molar-refractivity contribution in [3.05, 3.63) is 457 Å². The topological polar surface area (TPSA) is 6.48 Å². The molecule has 20 aromatic carbocycles. The van der Waals surface area contributed by atoms with E-state index in [2.05, 4.69) is 422 Å². The Morgan fingerprint density at radius 3 is 0.946 bits per heavy atom. The Balaban J connectivity index is 0.688. The minimum Gasteiger partial charge on any atom is -0.310 e. The first-order valence-corrected chi connectivity index (χ1v) is 39.1. The van der Waals surface area contributed by atoms with Crippen LogP contribution in [0.3, 0.4) is 0 Å². The van der Waals surface area contributed by atoms with E-state index in [1.54, 1.807) is 0 Å². The van der Waals surface area contributed by atoms with Crippen molar-refractivity contribution < 1.29 is 0 Å². The highest BCUT2D eigenvalue weighted by atomic mass is 15.1. The predicted molar refractivity (Wildman–Crippen MR) is 470 cm³/mol. The molecule has 112 heavy (non-hydrogen) atoms. The lowest BCUT2D eigenvalue weighted by Crippen LogP contribution is -2.26. The zero-order chi connectivity index (χ0) is 73.3. The van der Waals surface area contributed by atoms with Crippen molar-refractivity contribution in [1.29, 1.82) is 0 Å². The van der Waals surface area contributed by atoms with E-state index in [1.807, 2.05) is 0 Å². The molecule has 20 aromatic rings. The third-order valence-electron chi connectivity index (χ3n) is 25.3. The number of nitrogens with zero attached hydrogens (tertiary/aromatic N) is 2. The van der Waals surface area contributed by atoms with Crippen molar-refractivity contribution in [2.24, 2.45) is 0 Å². The zero-order valence-corrected chi connectivity index (χ0v) is 61.2. The molecular weight excluding hydrogens is 1350 g/mol. The normalized spacial score (nSPS) is 13.3. The van der Waals surface area contributed by atoms with E-state index in [9.17, 15) is 0 Å². The van der Waals surface area contributed by atoms with Gasteiger partial charge in [-0.1, -0.05) is 334 Å². The van der Waals surface area contributed by atoms with Gasteiger partial charge >= 0.3 is 0 Å². The predicted octanol–water partition coefficient (Wildman–Crippen LogP) is 29.2. The average Bonchev–Trinajstić information content (AvgIpc) is 1.49. The number of rotatable bonds is 9. The van der Waals surface area contributed by atoms with Crippen LogP contribution < -0.4 is 9.80 Å². The van der Waals surface area contributed by atoms with Gasteiger partial charge in [0, 0.05) is 34.1 Å². The zero-order valence-electron chi connectivity index (χ0n) is 61.2. The lowest BCUT2D eigenvalue weighted by atomic mass is 9.68. The Labute approximate surface area is 649 Å². The van der Waals surface area contributed by atoms with Crippen LogP contribution in [0.25, 0.3) is 143 Å². The van der Waals surface area contributed by atoms with Gasteiger partial charge in [0.25, 0.3) is 0 Å². The summed E-state index contributed by atoms with van der Waals surface area (Å²) in [5.74, 6) is 0. The molecule has 0 radical (unpaired) electrons. The van der Waals surface area contributed by atoms with Crippen LogP contribution >= 0.6 is 0 Å². The third kappa shape index (κ3) is 8.69. The minimum atomic E-state index is -0.664. The fourth-order valence-corrected chi connectivity index (χ4v) is 21.0. The van der Waals surface area contributed by atoms with Gasteiger partial charge in [-0.15, -0.1) is 0 Å². The number of benzene rings is 20. The molecule has 0 fully saturated rings. The van der Waals surface area contributed by atoms with E-state index in [4.69, 9.17) is 0 Å². The summed E-state index contributed by atoms with van der Waals surface area (Å²) in [7, 11) is 0. The molecule has 2 nitrogen and oxygen atoms in total. The van der Waals surface area contributed by atoms with Crippen molar-refractivity contribution in [2.75, 3.05) is 9.80 Å². The molecule has 0 amide bonds. The number of hydrogen-bond donors (Lipinski definition) is 0. The van der Waals surface area contributed by atoms with E-state index in [1.165, 1.54) is 170 Å². The van der Waals surface area contributed by atoms with Crippen LogP contribution in [-0.4, -0.2) is 0 Å². The molecule has 0 aromatic heterocycles. The van der Waals surface area contributed by atoms with Gasteiger partial charge in [0.05, 0.1) is 10.8 Å².